The second-order valence-corrected chi connectivity index (χ2v) is 10.4. The fourth-order valence-electron chi connectivity index (χ4n) is 5.43. The van der Waals surface area contributed by atoms with Gasteiger partial charge in [0.15, 0.2) is 17.3 Å². The molecule has 45 heavy (non-hydrogen) atoms. The van der Waals surface area contributed by atoms with Crippen LogP contribution in [0.25, 0.3) is 11.1 Å². The van der Waals surface area contributed by atoms with Gasteiger partial charge in [-0.2, -0.15) is 18.3 Å². The molecule has 0 unspecified atom stereocenters. The van der Waals surface area contributed by atoms with Gasteiger partial charge >= 0.3 is 6.18 Å². The summed E-state index contributed by atoms with van der Waals surface area (Å²) in [7, 11) is 0. The molecular weight excluding hydrogens is 616 g/mol. The number of nitrogens with zero attached hydrogens (tertiary/aromatic N) is 3. The largest absolute Gasteiger partial charge is 0.435 e. The normalized spacial score (nSPS) is 14.8. The molecule has 15 heteroatoms. The maximum absolute atomic E-state index is 14.4. The molecule has 234 valence electrons. The highest BCUT2D eigenvalue weighted by Crippen LogP contribution is 2.47. The van der Waals surface area contributed by atoms with E-state index < -0.39 is 94.8 Å². The monoisotopic (exact) mass is 636 g/mol. The lowest BCUT2D eigenvalue weighted by Gasteiger charge is -2.20. The lowest BCUT2D eigenvalue weighted by molar-refractivity contribution is -0.145. The van der Waals surface area contributed by atoms with Crippen LogP contribution in [0.15, 0.2) is 54.7 Å². The second-order valence-electron chi connectivity index (χ2n) is 10.4. The number of amides is 1. The molecule has 1 atom stereocenters. The molecule has 0 saturated heterocycles. The Labute approximate surface area is 248 Å². The van der Waals surface area contributed by atoms with Gasteiger partial charge in [-0.15, -0.1) is 0 Å². The minimum absolute atomic E-state index is 0.0630. The van der Waals surface area contributed by atoms with Crippen LogP contribution in [0.2, 0.25) is 0 Å². The first-order chi connectivity index (χ1) is 21.0. The number of rotatable bonds is 9. The third kappa shape index (κ3) is 6.33. The van der Waals surface area contributed by atoms with E-state index >= 15 is 0 Å². The first kappa shape index (κ1) is 31.5. The summed E-state index contributed by atoms with van der Waals surface area (Å²) in [5.74, 6) is -11.3. The molecule has 1 aliphatic rings. The van der Waals surface area contributed by atoms with Gasteiger partial charge < -0.3 is 5.73 Å². The number of aromatic nitrogens is 3. The van der Waals surface area contributed by atoms with Crippen molar-refractivity contribution in [3.8, 4) is 11.1 Å². The Morgan fingerprint density at radius 2 is 1.71 bits per heavy atom. The fraction of sp³-hybridized carbons (Fsp3) is 0.233. The zero-order valence-corrected chi connectivity index (χ0v) is 22.8. The van der Waals surface area contributed by atoms with Crippen LogP contribution in [0.5, 0.6) is 0 Å². The molecule has 1 amide bonds. The number of benzene rings is 2. The maximum Gasteiger partial charge on any atom is 0.435 e. The molecule has 0 fully saturated rings. The number of pyridine rings is 1. The van der Waals surface area contributed by atoms with Crippen molar-refractivity contribution in [2.24, 2.45) is 5.73 Å². The van der Waals surface area contributed by atoms with Gasteiger partial charge in [-0.1, -0.05) is 12.1 Å². The number of alkyl halides is 5. The average molecular weight is 636 g/mol. The summed E-state index contributed by atoms with van der Waals surface area (Å²) in [6.45, 7) is -1.02. The van der Waals surface area contributed by atoms with Crippen molar-refractivity contribution >= 4 is 17.5 Å². The van der Waals surface area contributed by atoms with Crippen molar-refractivity contribution < 1.29 is 49.5 Å². The predicted molar refractivity (Wildman–Crippen MR) is 141 cm³/mol. The first-order valence-corrected chi connectivity index (χ1v) is 13.2. The molecule has 2 heterocycles. The van der Waals surface area contributed by atoms with E-state index in [1.165, 1.54) is 24.4 Å². The molecule has 0 saturated carbocycles. The van der Waals surface area contributed by atoms with Crippen molar-refractivity contribution in [3.05, 3.63) is 106 Å². The number of carbonyl (C=O) groups is 3. The lowest BCUT2D eigenvalue weighted by atomic mass is 9.86. The highest BCUT2D eigenvalue weighted by molar-refractivity contribution is 6.01. The molecule has 2 N–H and O–H groups in total. The first-order valence-electron chi connectivity index (χ1n) is 13.2. The number of halogens is 8. The molecule has 1 aliphatic carbocycles. The highest BCUT2D eigenvalue weighted by atomic mass is 19.4. The van der Waals surface area contributed by atoms with Crippen LogP contribution in [0.4, 0.5) is 35.1 Å². The van der Waals surface area contributed by atoms with Gasteiger partial charge in [0.25, 0.3) is 11.8 Å². The van der Waals surface area contributed by atoms with Crippen LogP contribution >= 0.6 is 0 Å². The molecule has 7 nitrogen and oxygen atoms in total. The fourth-order valence-corrected chi connectivity index (χ4v) is 5.43. The van der Waals surface area contributed by atoms with E-state index in [1.54, 1.807) is 0 Å². The van der Waals surface area contributed by atoms with E-state index in [4.69, 9.17) is 5.73 Å². The zero-order valence-electron chi connectivity index (χ0n) is 22.8. The van der Waals surface area contributed by atoms with Crippen molar-refractivity contribution in [1.29, 1.82) is 0 Å². The van der Waals surface area contributed by atoms with Crippen molar-refractivity contribution in [2.75, 3.05) is 0 Å². The standard InChI is InChI=1S/C30H20F8N4O3/c31-17-7-14(8-18(32)11-17)6-16(25-20(2-1-5-40-25)15-3-4-22(33)21(10-15)28(39)45)9-19(43)13-42-26-23(44)12-29(34,35)24(26)27(41-42)30(36,37)38/h1-5,7-8,10-11,16H,6,9,12-13H2,(H2,39,45)/t16-/m1/s1. The third-order valence-electron chi connectivity index (χ3n) is 7.21. The number of carbonyl (C=O) groups excluding carboxylic acids is 3. The molecule has 4 aromatic rings. The molecule has 0 bridgehead atoms. The number of nitrogens with two attached hydrogens (primary N) is 1. The third-order valence-corrected chi connectivity index (χ3v) is 7.21. The molecule has 2 aromatic carbocycles. The predicted octanol–water partition coefficient (Wildman–Crippen LogP) is 6.14. The summed E-state index contributed by atoms with van der Waals surface area (Å²) in [6.07, 6.45) is -6.38. The summed E-state index contributed by atoms with van der Waals surface area (Å²) in [5.41, 5.74) is 0.834. The van der Waals surface area contributed by atoms with Crippen LogP contribution in [-0.4, -0.2) is 32.2 Å². The Morgan fingerprint density at radius 1 is 1.02 bits per heavy atom. The minimum Gasteiger partial charge on any atom is -0.366 e. The number of fused-ring (bicyclic) bond motifs is 1. The van der Waals surface area contributed by atoms with Crippen LogP contribution < -0.4 is 5.73 Å². The summed E-state index contributed by atoms with van der Waals surface area (Å²) >= 11 is 0. The quantitative estimate of drug-likeness (QED) is 0.222. The Morgan fingerprint density at radius 3 is 2.36 bits per heavy atom. The van der Waals surface area contributed by atoms with E-state index in [9.17, 15) is 49.5 Å². The van der Waals surface area contributed by atoms with E-state index in [0.29, 0.717) is 10.7 Å². The Hall–Kier alpha value is -4.95. The number of ketones is 2. The van der Waals surface area contributed by atoms with Gasteiger partial charge in [-0.25, -0.2) is 22.0 Å². The molecule has 0 spiro atoms. The summed E-state index contributed by atoms with van der Waals surface area (Å²) in [4.78, 5) is 41.7. The smallest absolute Gasteiger partial charge is 0.366 e. The Balaban J connectivity index is 1.56. The number of primary amides is 1. The summed E-state index contributed by atoms with van der Waals surface area (Å²) in [6, 6.07) is 8.97. The van der Waals surface area contributed by atoms with Gasteiger partial charge in [-0.05, 0) is 47.9 Å². The lowest BCUT2D eigenvalue weighted by Crippen LogP contribution is -2.21. The molecule has 0 radical (unpaired) electrons. The molecule has 0 aliphatic heterocycles. The summed E-state index contributed by atoms with van der Waals surface area (Å²) in [5, 5.41) is 3.15. The highest BCUT2D eigenvalue weighted by Gasteiger charge is 2.55. The van der Waals surface area contributed by atoms with Gasteiger partial charge in [0.2, 0.25) is 0 Å². The van der Waals surface area contributed by atoms with Crippen molar-refractivity contribution in [2.45, 2.75) is 43.8 Å². The topological polar surface area (TPSA) is 108 Å². The minimum atomic E-state index is -5.35. The van der Waals surface area contributed by atoms with Gasteiger partial charge in [0, 0.05) is 30.2 Å². The van der Waals surface area contributed by atoms with Crippen LogP contribution in [0.3, 0.4) is 0 Å². The van der Waals surface area contributed by atoms with Gasteiger partial charge in [0.1, 0.15) is 29.7 Å². The molecule has 5 rings (SSSR count). The van der Waals surface area contributed by atoms with E-state index in [1.807, 2.05) is 0 Å². The maximum atomic E-state index is 14.4. The second kappa shape index (κ2) is 11.5. The van der Waals surface area contributed by atoms with E-state index in [0.717, 1.165) is 24.3 Å². The zero-order chi connectivity index (χ0) is 32.8. The van der Waals surface area contributed by atoms with Crippen molar-refractivity contribution in [1.82, 2.24) is 14.8 Å². The summed E-state index contributed by atoms with van der Waals surface area (Å²) < 4.78 is 112. The Bertz CT molecular complexity index is 1830. The number of Topliss-reactive ketones (excluding diaryl/α,β-unsaturated/α-hetero) is 2. The van der Waals surface area contributed by atoms with Crippen LogP contribution in [0.1, 0.15) is 62.1 Å². The van der Waals surface area contributed by atoms with E-state index in [2.05, 4.69) is 10.1 Å². The Kier molecular flexibility index (Phi) is 8.06. The average Bonchev–Trinajstić information content (AvgIpc) is 3.43. The van der Waals surface area contributed by atoms with Crippen LogP contribution in [0, 0.1) is 17.5 Å². The van der Waals surface area contributed by atoms with Gasteiger partial charge in [0.05, 0.1) is 23.2 Å². The number of hydrogen-bond donors (Lipinski definition) is 1. The molecule has 2 aromatic heterocycles. The van der Waals surface area contributed by atoms with E-state index in [-0.39, 0.29) is 28.8 Å². The van der Waals surface area contributed by atoms with Crippen molar-refractivity contribution in [3.63, 3.8) is 0 Å². The van der Waals surface area contributed by atoms with Crippen LogP contribution in [-0.2, 0) is 29.9 Å². The number of hydrogen-bond acceptors (Lipinski definition) is 5. The van der Waals surface area contributed by atoms with Gasteiger partial charge in [-0.3, -0.25) is 24.0 Å². The SMILES string of the molecule is NC(=O)c1cc(-c2cccnc2[C@@H](CC(=O)Cn2nc(C(F)(F)F)c3c2C(=O)CC3(F)F)Cc2cc(F)cc(F)c2)ccc1F. The molecular formula is C30H20F8N4O3.